The van der Waals surface area contributed by atoms with Crippen molar-refractivity contribution in [2.24, 2.45) is 17.4 Å². The minimum absolute atomic E-state index is 0.0126. The summed E-state index contributed by atoms with van der Waals surface area (Å²) in [6.45, 7) is 3.54. The van der Waals surface area contributed by atoms with Gasteiger partial charge in [-0.15, -0.1) is 0 Å². The largest absolute Gasteiger partial charge is 0.479 e. The SMILES string of the molecule is CC(C)CC(N)(C(N)=O)C(=O)O. The average molecular weight is 174 g/mol. The Bertz CT molecular complexity index is 187. The van der Waals surface area contributed by atoms with E-state index in [0.717, 1.165) is 0 Å². The van der Waals surface area contributed by atoms with Gasteiger partial charge in [-0.25, -0.2) is 4.79 Å². The maximum Gasteiger partial charge on any atom is 0.333 e. The summed E-state index contributed by atoms with van der Waals surface area (Å²) in [6, 6.07) is 0. The van der Waals surface area contributed by atoms with Crippen molar-refractivity contribution in [3.05, 3.63) is 0 Å². The van der Waals surface area contributed by atoms with E-state index in [1.54, 1.807) is 13.8 Å². The average Bonchev–Trinajstić information content (AvgIpc) is 1.84. The number of aliphatic carboxylic acids is 1. The number of primary amides is 1. The highest BCUT2D eigenvalue weighted by Gasteiger charge is 2.40. The van der Waals surface area contributed by atoms with Gasteiger partial charge in [0.15, 0.2) is 5.54 Å². The Hall–Kier alpha value is -1.10. The molecule has 5 N–H and O–H groups in total. The third-order valence-electron chi connectivity index (χ3n) is 1.55. The van der Waals surface area contributed by atoms with Crippen LogP contribution in [0.4, 0.5) is 0 Å². The monoisotopic (exact) mass is 174 g/mol. The maximum absolute atomic E-state index is 10.7. The summed E-state index contributed by atoms with van der Waals surface area (Å²) < 4.78 is 0. The lowest BCUT2D eigenvalue weighted by atomic mass is 9.89. The molecule has 0 aliphatic carbocycles. The van der Waals surface area contributed by atoms with Crippen LogP contribution < -0.4 is 11.5 Å². The van der Waals surface area contributed by atoms with Crippen LogP contribution in [0.25, 0.3) is 0 Å². The molecule has 0 rings (SSSR count). The second kappa shape index (κ2) is 3.53. The van der Waals surface area contributed by atoms with E-state index in [0.29, 0.717) is 0 Å². The molecule has 0 aliphatic rings. The van der Waals surface area contributed by atoms with Crippen molar-refractivity contribution in [1.82, 2.24) is 0 Å². The molecule has 12 heavy (non-hydrogen) atoms. The number of nitrogens with two attached hydrogens (primary N) is 2. The van der Waals surface area contributed by atoms with Crippen LogP contribution in [-0.4, -0.2) is 22.5 Å². The van der Waals surface area contributed by atoms with Gasteiger partial charge in [0, 0.05) is 0 Å². The highest BCUT2D eigenvalue weighted by Crippen LogP contribution is 2.13. The molecule has 0 heterocycles. The Morgan fingerprint density at radius 2 is 1.92 bits per heavy atom. The summed E-state index contributed by atoms with van der Waals surface area (Å²) in [7, 11) is 0. The van der Waals surface area contributed by atoms with Crippen molar-refractivity contribution in [2.75, 3.05) is 0 Å². The first-order chi connectivity index (χ1) is 5.30. The van der Waals surface area contributed by atoms with Gasteiger partial charge in [0.05, 0.1) is 0 Å². The van der Waals surface area contributed by atoms with Gasteiger partial charge in [0.25, 0.3) is 0 Å². The van der Waals surface area contributed by atoms with Gasteiger partial charge < -0.3 is 16.6 Å². The highest BCUT2D eigenvalue weighted by atomic mass is 16.4. The second-order valence-corrected chi connectivity index (χ2v) is 3.24. The molecule has 5 nitrogen and oxygen atoms in total. The quantitative estimate of drug-likeness (QED) is 0.490. The molecule has 0 saturated carbocycles. The first-order valence-electron chi connectivity index (χ1n) is 3.63. The summed E-state index contributed by atoms with van der Waals surface area (Å²) in [5, 5.41) is 8.63. The fourth-order valence-electron chi connectivity index (χ4n) is 0.937. The standard InChI is InChI=1S/C7H14N2O3/c1-4(2)3-7(9,5(8)10)6(11)12/h4H,3,9H2,1-2H3,(H2,8,10)(H,11,12). The Morgan fingerprint density at radius 3 is 2.00 bits per heavy atom. The lowest BCUT2D eigenvalue weighted by molar-refractivity contribution is -0.148. The van der Waals surface area contributed by atoms with E-state index in [-0.39, 0.29) is 12.3 Å². The van der Waals surface area contributed by atoms with E-state index in [2.05, 4.69) is 0 Å². The van der Waals surface area contributed by atoms with Crippen molar-refractivity contribution >= 4 is 11.9 Å². The summed E-state index contributed by atoms with van der Waals surface area (Å²) in [6.07, 6.45) is 0.0532. The molecule has 0 aromatic heterocycles. The van der Waals surface area contributed by atoms with Crippen molar-refractivity contribution in [3.63, 3.8) is 0 Å². The molecular weight excluding hydrogens is 160 g/mol. The second-order valence-electron chi connectivity index (χ2n) is 3.24. The summed E-state index contributed by atoms with van der Waals surface area (Å²) in [5.41, 5.74) is 8.26. The van der Waals surface area contributed by atoms with Gasteiger partial charge >= 0.3 is 5.97 Å². The lowest BCUT2D eigenvalue weighted by Gasteiger charge is -2.22. The summed E-state index contributed by atoms with van der Waals surface area (Å²) in [5.74, 6) is -2.36. The predicted octanol–water partition coefficient (Wildman–Crippen LogP) is -0.700. The van der Waals surface area contributed by atoms with Crippen molar-refractivity contribution in [1.29, 1.82) is 0 Å². The van der Waals surface area contributed by atoms with Gasteiger partial charge in [0.2, 0.25) is 5.91 Å². The lowest BCUT2D eigenvalue weighted by Crippen LogP contribution is -2.58. The Balaban J connectivity index is 4.63. The summed E-state index contributed by atoms with van der Waals surface area (Å²) in [4.78, 5) is 21.3. The zero-order valence-electron chi connectivity index (χ0n) is 7.20. The Morgan fingerprint density at radius 1 is 1.50 bits per heavy atom. The number of carboxylic acids is 1. The first kappa shape index (κ1) is 10.9. The molecular formula is C7H14N2O3. The number of carbonyl (C=O) groups is 2. The first-order valence-corrected chi connectivity index (χ1v) is 3.63. The topological polar surface area (TPSA) is 106 Å². The van der Waals surface area contributed by atoms with Crippen molar-refractivity contribution < 1.29 is 14.7 Å². The van der Waals surface area contributed by atoms with Crippen LogP contribution in [0.1, 0.15) is 20.3 Å². The zero-order valence-corrected chi connectivity index (χ0v) is 7.20. The maximum atomic E-state index is 10.7. The predicted molar refractivity (Wildman–Crippen MR) is 43.2 cm³/mol. The van der Waals surface area contributed by atoms with Crippen LogP contribution in [0, 0.1) is 5.92 Å². The van der Waals surface area contributed by atoms with Crippen molar-refractivity contribution in [2.45, 2.75) is 25.8 Å². The van der Waals surface area contributed by atoms with Crippen molar-refractivity contribution in [3.8, 4) is 0 Å². The number of hydrogen-bond donors (Lipinski definition) is 3. The van der Waals surface area contributed by atoms with Gasteiger partial charge in [-0.1, -0.05) is 13.8 Å². The molecule has 0 fully saturated rings. The number of hydrogen-bond acceptors (Lipinski definition) is 3. The molecule has 0 spiro atoms. The van der Waals surface area contributed by atoms with E-state index in [1.807, 2.05) is 0 Å². The molecule has 0 bridgehead atoms. The van der Waals surface area contributed by atoms with Gasteiger partial charge in [-0.05, 0) is 12.3 Å². The number of rotatable bonds is 4. The molecule has 0 aromatic rings. The Labute approximate surface area is 70.7 Å². The number of carbonyl (C=O) groups excluding carboxylic acids is 1. The van der Waals surface area contributed by atoms with E-state index in [1.165, 1.54) is 0 Å². The minimum atomic E-state index is -1.92. The van der Waals surface area contributed by atoms with Crippen LogP contribution >= 0.6 is 0 Å². The van der Waals surface area contributed by atoms with E-state index >= 15 is 0 Å². The molecule has 0 saturated heterocycles. The zero-order chi connectivity index (χ0) is 9.94. The molecule has 70 valence electrons. The fraction of sp³-hybridized carbons (Fsp3) is 0.714. The minimum Gasteiger partial charge on any atom is -0.479 e. The highest BCUT2D eigenvalue weighted by molar-refractivity contribution is 6.05. The Kier molecular flexibility index (Phi) is 3.21. The molecule has 1 atom stereocenters. The number of amides is 1. The van der Waals surface area contributed by atoms with Crippen LogP contribution in [0.2, 0.25) is 0 Å². The van der Waals surface area contributed by atoms with Gasteiger partial charge in [-0.3, -0.25) is 4.79 Å². The van der Waals surface area contributed by atoms with E-state index < -0.39 is 17.4 Å². The molecule has 1 unspecified atom stereocenters. The van der Waals surface area contributed by atoms with Crippen LogP contribution in [0.15, 0.2) is 0 Å². The van der Waals surface area contributed by atoms with Crippen LogP contribution in [0.5, 0.6) is 0 Å². The third-order valence-corrected chi connectivity index (χ3v) is 1.55. The van der Waals surface area contributed by atoms with E-state index in [4.69, 9.17) is 16.6 Å². The smallest absolute Gasteiger partial charge is 0.333 e. The van der Waals surface area contributed by atoms with Crippen LogP contribution in [0.3, 0.4) is 0 Å². The molecule has 1 amide bonds. The van der Waals surface area contributed by atoms with Gasteiger partial charge in [-0.2, -0.15) is 0 Å². The molecule has 0 aliphatic heterocycles. The van der Waals surface area contributed by atoms with E-state index in [9.17, 15) is 9.59 Å². The van der Waals surface area contributed by atoms with Gasteiger partial charge in [0.1, 0.15) is 0 Å². The molecule has 0 radical (unpaired) electrons. The molecule has 5 heteroatoms. The molecule has 0 aromatic carbocycles. The normalized spacial score (nSPS) is 15.7. The third kappa shape index (κ3) is 2.20. The number of carboxylic acid groups (broad SMARTS) is 1. The fourth-order valence-corrected chi connectivity index (χ4v) is 0.937. The van der Waals surface area contributed by atoms with Crippen LogP contribution in [-0.2, 0) is 9.59 Å². The summed E-state index contributed by atoms with van der Waals surface area (Å²) >= 11 is 0.